The molecule has 120 valence electrons. The maximum absolute atomic E-state index is 10.0. The number of carbonyl (C=O) groups is 1. The van der Waals surface area contributed by atoms with Crippen molar-refractivity contribution >= 4 is 54.4 Å². The molecular weight excluding hydrogens is 373 g/mol. The molecule has 0 aliphatic rings. The Kier molecular flexibility index (Phi) is 27.3. The molecule has 10 nitrogen and oxygen atoms in total. The molecule has 0 fully saturated rings. The summed E-state index contributed by atoms with van der Waals surface area (Å²) in [6.45, 7) is -0.705. The van der Waals surface area contributed by atoms with Crippen molar-refractivity contribution in [2.24, 2.45) is 5.73 Å². The average Bonchev–Trinajstić information content (AvgIpc) is 2.22. The number of nitrogens with two attached hydrogens (primary N) is 1. The van der Waals surface area contributed by atoms with E-state index < -0.39 is 41.4 Å². The van der Waals surface area contributed by atoms with Crippen LogP contribution in [0.15, 0.2) is 0 Å². The minimum atomic E-state index is -4.67. The summed E-state index contributed by atoms with van der Waals surface area (Å²) in [5.41, 5.74) is 5.04. The van der Waals surface area contributed by atoms with E-state index in [1.54, 1.807) is 0 Å². The summed E-state index contributed by atoms with van der Waals surface area (Å²) < 4.78 is 31.6. The molecular formula is C6H15CaCl2NO9S. The van der Waals surface area contributed by atoms with Crippen molar-refractivity contribution < 1.29 is 67.6 Å². The second kappa shape index (κ2) is 16.5. The van der Waals surface area contributed by atoms with Gasteiger partial charge in [0.1, 0.15) is 24.6 Å². The number of halogens is 2. The zero-order valence-electron chi connectivity index (χ0n) is 9.95. The molecule has 0 bridgehead atoms. The minimum Gasteiger partial charge on any atom is -1.00 e. The van der Waals surface area contributed by atoms with E-state index in [4.69, 9.17) is 43.7 Å². The standard InChI is InChI=1S/C6H13NO5.Ca.2ClH.H2O4S/c7-3(1-8)5(11)6(12)4(10)2-9;;;;1-5(2,3)4/h1,3-6,9-12H,2,7H2;;2*1H;(H2,1,2,3,4)/q;+2;;;/p-2/t3-,4+,5+,6+;;;;/m0..../s1. The van der Waals surface area contributed by atoms with E-state index >= 15 is 0 Å². The minimum absolute atomic E-state index is 0. The van der Waals surface area contributed by atoms with E-state index in [2.05, 4.69) is 0 Å². The Morgan fingerprint density at radius 2 is 1.35 bits per heavy atom. The van der Waals surface area contributed by atoms with Crippen molar-refractivity contribution in [3.63, 3.8) is 0 Å². The molecule has 8 N–H and O–H groups in total. The van der Waals surface area contributed by atoms with Crippen LogP contribution in [0.3, 0.4) is 0 Å². The molecule has 0 aromatic carbocycles. The monoisotopic (exact) mass is 387 g/mol. The van der Waals surface area contributed by atoms with Crippen molar-refractivity contribution in [2.75, 3.05) is 6.61 Å². The molecule has 4 atom stereocenters. The quantitative estimate of drug-likeness (QED) is 0.135. The van der Waals surface area contributed by atoms with Crippen LogP contribution in [-0.4, -0.2) is 113 Å². The van der Waals surface area contributed by atoms with Gasteiger partial charge in [0.2, 0.25) is 0 Å². The molecule has 0 radical (unpaired) electrons. The third-order valence-electron chi connectivity index (χ3n) is 1.48. The molecule has 0 heterocycles. The van der Waals surface area contributed by atoms with Gasteiger partial charge in [0.25, 0.3) is 0 Å². The zero-order valence-corrected chi connectivity index (χ0v) is 14.5. The van der Waals surface area contributed by atoms with Crippen LogP contribution in [-0.2, 0) is 15.2 Å². The Balaban J connectivity index is -0.0000000821. The summed E-state index contributed by atoms with van der Waals surface area (Å²) in [7, 11) is -4.67. The van der Waals surface area contributed by atoms with Crippen LogP contribution in [0.1, 0.15) is 0 Å². The Bertz CT molecular complexity index is 312. The van der Waals surface area contributed by atoms with E-state index in [9.17, 15) is 4.79 Å². The van der Waals surface area contributed by atoms with Gasteiger partial charge in [0.05, 0.1) is 12.6 Å². The first-order valence-electron chi connectivity index (χ1n) is 4.10. The van der Waals surface area contributed by atoms with Crippen molar-refractivity contribution in [1.82, 2.24) is 0 Å². The molecule has 0 saturated carbocycles. The summed E-state index contributed by atoms with van der Waals surface area (Å²) in [4.78, 5) is 10.0. The summed E-state index contributed by atoms with van der Waals surface area (Å²) in [6, 6.07) is -1.26. The fourth-order valence-electron chi connectivity index (χ4n) is 0.644. The van der Waals surface area contributed by atoms with Gasteiger partial charge in [-0.3, -0.25) is 9.11 Å². The molecule has 20 heavy (non-hydrogen) atoms. The van der Waals surface area contributed by atoms with Crippen LogP contribution in [0.25, 0.3) is 0 Å². The van der Waals surface area contributed by atoms with Gasteiger partial charge in [-0.05, 0) is 0 Å². The van der Waals surface area contributed by atoms with E-state index in [1.807, 2.05) is 0 Å². The van der Waals surface area contributed by atoms with Crippen LogP contribution in [0.2, 0.25) is 0 Å². The summed E-state index contributed by atoms with van der Waals surface area (Å²) in [5.74, 6) is 0. The number of aliphatic hydroxyl groups is 4. The largest absolute Gasteiger partial charge is 2.00 e. The third-order valence-corrected chi connectivity index (χ3v) is 1.48. The Morgan fingerprint density at radius 1 is 1.05 bits per heavy atom. The number of hydrogen-bond donors (Lipinski definition) is 7. The second-order valence-corrected chi connectivity index (χ2v) is 3.79. The fourth-order valence-corrected chi connectivity index (χ4v) is 0.644. The summed E-state index contributed by atoms with van der Waals surface area (Å²) in [5, 5.41) is 35.2. The van der Waals surface area contributed by atoms with Crippen molar-refractivity contribution in [1.29, 1.82) is 0 Å². The molecule has 14 heteroatoms. The van der Waals surface area contributed by atoms with Gasteiger partial charge in [0, 0.05) is 0 Å². The Labute approximate surface area is 157 Å². The number of hydrogen-bond acceptors (Lipinski definition) is 8. The molecule has 0 unspecified atom stereocenters. The van der Waals surface area contributed by atoms with Gasteiger partial charge < -0.3 is 55.8 Å². The summed E-state index contributed by atoms with van der Waals surface area (Å²) >= 11 is 0. The van der Waals surface area contributed by atoms with Gasteiger partial charge in [-0.15, -0.1) is 0 Å². The average molecular weight is 388 g/mol. The first kappa shape index (κ1) is 32.9. The van der Waals surface area contributed by atoms with E-state index in [-0.39, 0.29) is 68.8 Å². The number of aldehydes is 1. The first-order valence-corrected chi connectivity index (χ1v) is 5.50. The normalized spacial score (nSPS) is 15.6. The maximum Gasteiger partial charge on any atom is 2.00 e. The zero-order chi connectivity index (χ0) is 14.2. The SMILES string of the molecule is N[C@@H](C=O)[C@@H](O)[C@H](O)[C@H](O)CO.O=S(=O)(O)O.[Ca+2].[Cl-].[Cl-]. The van der Waals surface area contributed by atoms with Crippen molar-refractivity contribution in [3.05, 3.63) is 0 Å². The topological polar surface area (TPSA) is 199 Å². The maximum atomic E-state index is 10.0. The van der Waals surface area contributed by atoms with Crippen LogP contribution in [0.4, 0.5) is 0 Å². The molecule has 0 saturated heterocycles. The number of carbonyl (C=O) groups excluding carboxylic acids is 1. The smallest absolute Gasteiger partial charge is 1.00 e. The predicted molar refractivity (Wildman–Crippen MR) is 59.1 cm³/mol. The molecule has 0 aromatic rings. The van der Waals surface area contributed by atoms with E-state index in [0.717, 1.165) is 0 Å². The summed E-state index contributed by atoms with van der Waals surface area (Å²) in [6.07, 6.45) is -4.43. The van der Waals surface area contributed by atoms with Gasteiger partial charge in [0.15, 0.2) is 0 Å². The van der Waals surface area contributed by atoms with Crippen LogP contribution in [0.5, 0.6) is 0 Å². The Hall–Kier alpha value is 1.18. The first-order chi connectivity index (χ1) is 7.54. The number of rotatable bonds is 5. The molecule has 0 aromatic heterocycles. The van der Waals surface area contributed by atoms with Gasteiger partial charge in [-0.25, -0.2) is 0 Å². The van der Waals surface area contributed by atoms with E-state index in [0.29, 0.717) is 0 Å². The van der Waals surface area contributed by atoms with Gasteiger partial charge in [-0.1, -0.05) is 0 Å². The van der Waals surface area contributed by atoms with Crippen molar-refractivity contribution in [2.45, 2.75) is 24.4 Å². The molecule has 0 rings (SSSR count). The third kappa shape index (κ3) is 21.5. The molecule has 0 aliphatic heterocycles. The fraction of sp³-hybridized carbons (Fsp3) is 0.833. The Morgan fingerprint density at radius 3 is 1.55 bits per heavy atom. The van der Waals surface area contributed by atoms with Crippen LogP contribution in [0, 0.1) is 0 Å². The van der Waals surface area contributed by atoms with Crippen molar-refractivity contribution in [3.8, 4) is 0 Å². The van der Waals surface area contributed by atoms with E-state index in [1.165, 1.54) is 0 Å². The molecule has 0 amide bonds. The second-order valence-electron chi connectivity index (χ2n) is 2.89. The van der Waals surface area contributed by atoms with Gasteiger partial charge >= 0.3 is 48.1 Å². The van der Waals surface area contributed by atoms with Gasteiger partial charge in [-0.2, -0.15) is 8.42 Å². The van der Waals surface area contributed by atoms with Crippen LogP contribution >= 0.6 is 0 Å². The number of aliphatic hydroxyl groups excluding tert-OH is 4. The molecule has 0 aliphatic carbocycles. The predicted octanol–water partition coefficient (Wildman–Crippen LogP) is -10.4. The molecule has 0 spiro atoms. The van der Waals surface area contributed by atoms with Crippen LogP contribution < -0.4 is 30.5 Å².